The van der Waals surface area contributed by atoms with Crippen molar-refractivity contribution < 1.29 is 22.0 Å². The molecule has 1 aliphatic heterocycles. The van der Waals surface area contributed by atoms with E-state index in [2.05, 4.69) is 0 Å². The van der Waals surface area contributed by atoms with E-state index in [-0.39, 0.29) is 36.6 Å². The second-order valence-electron chi connectivity index (χ2n) is 5.61. The van der Waals surface area contributed by atoms with E-state index < -0.39 is 27.6 Å². The second-order valence-corrected chi connectivity index (χ2v) is 7.69. The van der Waals surface area contributed by atoms with Crippen LogP contribution in [0.3, 0.4) is 0 Å². The SMILES string of the molecule is O=C(N1CCS(=O)(=O)c2ccccc2C1)C1(C(F)F)CC1. The van der Waals surface area contributed by atoms with E-state index in [0.717, 1.165) is 0 Å². The second kappa shape index (κ2) is 4.76. The van der Waals surface area contributed by atoms with Crippen molar-refractivity contribution >= 4 is 15.7 Å². The molecule has 4 nitrogen and oxygen atoms in total. The van der Waals surface area contributed by atoms with Gasteiger partial charge in [-0.1, -0.05) is 18.2 Å². The highest BCUT2D eigenvalue weighted by atomic mass is 32.2. The number of halogens is 2. The van der Waals surface area contributed by atoms with Gasteiger partial charge in [0.15, 0.2) is 9.84 Å². The predicted octanol–water partition coefficient (Wildman–Crippen LogP) is 1.85. The Morgan fingerprint density at radius 1 is 1.24 bits per heavy atom. The van der Waals surface area contributed by atoms with Gasteiger partial charge in [-0.2, -0.15) is 0 Å². The quantitative estimate of drug-likeness (QED) is 0.837. The molecule has 1 heterocycles. The standard InChI is InChI=1S/C14H15F2NO3S/c15-12(16)14(5-6-14)13(18)17-7-8-21(19,20)11-4-2-1-3-10(11)9-17/h1-4,12H,5-9H2. The van der Waals surface area contributed by atoms with Crippen LogP contribution in [-0.2, 0) is 21.2 Å². The lowest BCUT2D eigenvalue weighted by Gasteiger charge is -2.25. The van der Waals surface area contributed by atoms with Gasteiger partial charge in [0.2, 0.25) is 5.91 Å². The third-order valence-electron chi connectivity index (χ3n) is 4.22. The summed E-state index contributed by atoms with van der Waals surface area (Å²) in [7, 11) is -3.47. The molecular formula is C14H15F2NO3S. The first-order chi connectivity index (χ1) is 9.87. The van der Waals surface area contributed by atoms with Gasteiger partial charge in [-0.15, -0.1) is 0 Å². The van der Waals surface area contributed by atoms with E-state index in [0.29, 0.717) is 5.56 Å². The number of benzene rings is 1. The van der Waals surface area contributed by atoms with Crippen LogP contribution in [0.15, 0.2) is 29.2 Å². The molecule has 0 radical (unpaired) electrons. The molecule has 1 aliphatic carbocycles. The average Bonchev–Trinajstić information content (AvgIpc) is 3.24. The molecule has 1 aromatic carbocycles. The molecule has 3 rings (SSSR count). The number of hydrogen-bond donors (Lipinski definition) is 0. The fraction of sp³-hybridized carbons (Fsp3) is 0.500. The van der Waals surface area contributed by atoms with E-state index in [1.807, 2.05) is 0 Å². The molecule has 0 N–H and O–H groups in total. The van der Waals surface area contributed by atoms with Crippen molar-refractivity contribution in [2.75, 3.05) is 12.3 Å². The summed E-state index contributed by atoms with van der Waals surface area (Å²) in [5, 5.41) is 0. The van der Waals surface area contributed by atoms with Crippen molar-refractivity contribution in [3.63, 3.8) is 0 Å². The Hall–Kier alpha value is -1.50. The Kier molecular flexibility index (Phi) is 3.27. The van der Waals surface area contributed by atoms with Crippen LogP contribution in [0.5, 0.6) is 0 Å². The zero-order valence-corrected chi connectivity index (χ0v) is 12.1. The molecule has 1 saturated carbocycles. The number of sulfone groups is 1. The first-order valence-corrected chi connectivity index (χ1v) is 8.40. The summed E-state index contributed by atoms with van der Waals surface area (Å²) >= 11 is 0. The number of alkyl halides is 2. The number of carbonyl (C=O) groups excluding carboxylic acids is 1. The Labute approximate surface area is 121 Å². The van der Waals surface area contributed by atoms with Crippen molar-refractivity contribution in [3.8, 4) is 0 Å². The summed E-state index contributed by atoms with van der Waals surface area (Å²) < 4.78 is 50.5. The van der Waals surface area contributed by atoms with Gasteiger partial charge in [0.25, 0.3) is 6.43 Å². The molecule has 7 heteroatoms. The first kappa shape index (κ1) is 14.4. The average molecular weight is 315 g/mol. The van der Waals surface area contributed by atoms with Gasteiger partial charge in [0, 0.05) is 13.1 Å². The maximum atomic E-state index is 13.1. The van der Waals surface area contributed by atoms with Crippen molar-refractivity contribution in [3.05, 3.63) is 29.8 Å². The minimum absolute atomic E-state index is 0.0374. The highest BCUT2D eigenvalue weighted by molar-refractivity contribution is 7.91. The van der Waals surface area contributed by atoms with Gasteiger partial charge >= 0.3 is 0 Å². The summed E-state index contributed by atoms with van der Waals surface area (Å²) in [6.45, 7) is 0.0347. The third kappa shape index (κ3) is 2.33. The molecule has 0 unspecified atom stereocenters. The molecule has 1 amide bonds. The van der Waals surface area contributed by atoms with Crippen molar-refractivity contribution in [2.45, 2.75) is 30.7 Å². The molecule has 1 fully saturated rings. The molecule has 1 aromatic rings. The van der Waals surface area contributed by atoms with Crippen LogP contribution in [0.2, 0.25) is 0 Å². The van der Waals surface area contributed by atoms with Gasteiger partial charge in [-0.05, 0) is 24.5 Å². The van der Waals surface area contributed by atoms with Gasteiger partial charge in [-0.3, -0.25) is 4.79 Å². The summed E-state index contributed by atoms with van der Waals surface area (Å²) in [5.74, 6) is -0.848. The predicted molar refractivity (Wildman–Crippen MR) is 71.6 cm³/mol. The van der Waals surface area contributed by atoms with Crippen molar-refractivity contribution in [1.82, 2.24) is 4.90 Å². The summed E-state index contributed by atoms with van der Waals surface area (Å²) in [6.07, 6.45) is -2.34. The fourth-order valence-corrected chi connectivity index (χ4v) is 4.21. The normalized spacial score (nSPS) is 22.5. The Morgan fingerprint density at radius 2 is 1.90 bits per heavy atom. The van der Waals surface area contributed by atoms with Gasteiger partial charge in [0.05, 0.1) is 10.6 Å². The number of nitrogens with zero attached hydrogens (tertiary/aromatic N) is 1. The van der Waals surface area contributed by atoms with Gasteiger partial charge in [-0.25, -0.2) is 17.2 Å². The Morgan fingerprint density at radius 3 is 2.52 bits per heavy atom. The minimum Gasteiger partial charge on any atom is -0.337 e. The van der Waals surface area contributed by atoms with Crippen LogP contribution in [0.4, 0.5) is 8.78 Å². The zero-order valence-electron chi connectivity index (χ0n) is 11.3. The smallest absolute Gasteiger partial charge is 0.252 e. The molecule has 2 aliphatic rings. The van der Waals surface area contributed by atoms with E-state index in [1.54, 1.807) is 18.2 Å². The van der Waals surface area contributed by atoms with Crippen LogP contribution in [-0.4, -0.2) is 37.9 Å². The molecule has 0 atom stereocenters. The third-order valence-corrected chi connectivity index (χ3v) is 6.01. The molecule has 21 heavy (non-hydrogen) atoms. The number of rotatable bonds is 2. The largest absolute Gasteiger partial charge is 0.337 e. The molecule has 0 aromatic heterocycles. The van der Waals surface area contributed by atoms with Gasteiger partial charge < -0.3 is 4.90 Å². The lowest BCUT2D eigenvalue weighted by atomic mass is 10.1. The van der Waals surface area contributed by atoms with Crippen LogP contribution in [0, 0.1) is 5.41 Å². The summed E-state index contributed by atoms with van der Waals surface area (Å²) in [4.78, 5) is 13.8. The fourth-order valence-electron chi connectivity index (χ4n) is 2.71. The number of hydrogen-bond acceptors (Lipinski definition) is 3. The summed E-state index contributed by atoms with van der Waals surface area (Å²) in [6, 6.07) is 6.43. The minimum atomic E-state index is -3.47. The molecule has 0 spiro atoms. The van der Waals surface area contributed by atoms with E-state index in [9.17, 15) is 22.0 Å². The van der Waals surface area contributed by atoms with Crippen LogP contribution in [0.1, 0.15) is 18.4 Å². The van der Waals surface area contributed by atoms with E-state index in [4.69, 9.17) is 0 Å². The highest BCUT2D eigenvalue weighted by Crippen LogP contribution is 2.52. The Bertz CT molecular complexity index is 683. The number of carbonyl (C=O) groups is 1. The molecule has 0 saturated heterocycles. The zero-order chi connectivity index (χ0) is 15.3. The number of fused-ring (bicyclic) bond motifs is 1. The molecule has 114 valence electrons. The van der Waals surface area contributed by atoms with Crippen LogP contribution < -0.4 is 0 Å². The number of amides is 1. The van der Waals surface area contributed by atoms with Gasteiger partial charge in [0.1, 0.15) is 5.41 Å². The summed E-state index contributed by atoms with van der Waals surface area (Å²) in [5.41, 5.74) is -1.09. The lowest BCUT2D eigenvalue weighted by Crippen LogP contribution is -2.41. The topological polar surface area (TPSA) is 54.5 Å². The lowest BCUT2D eigenvalue weighted by molar-refractivity contribution is -0.143. The first-order valence-electron chi connectivity index (χ1n) is 6.75. The molecular weight excluding hydrogens is 300 g/mol. The monoisotopic (exact) mass is 315 g/mol. The van der Waals surface area contributed by atoms with Crippen LogP contribution in [0.25, 0.3) is 0 Å². The maximum absolute atomic E-state index is 13.1. The van der Waals surface area contributed by atoms with Crippen LogP contribution >= 0.6 is 0 Å². The van der Waals surface area contributed by atoms with Crippen molar-refractivity contribution in [2.24, 2.45) is 5.41 Å². The highest BCUT2D eigenvalue weighted by Gasteiger charge is 2.59. The van der Waals surface area contributed by atoms with E-state index >= 15 is 0 Å². The van der Waals surface area contributed by atoms with Crippen molar-refractivity contribution in [1.29, 1.82) is 0 Å². The maximum Gasteiger partial charge on any atom is 0.252 e. The van der Waals surface area contributed by atoms with E-state index in [1.165, 1.54) is 11.0 Å². The Balaban J connectivity index is 1.93. The molecule has 0 bridgehead atoms.